The van der Waals surface area contributed by atoms with Crippen LogP contribution >= 0.6 is 0 Å². The molecule has 110 valence electrons. The molecular weight excluding hydrogens is 240 g/mol. The summed E-state index contributed by atoms with van der Waals surface area (Å²) in [6, 6.07) is 10.3. The van der Waals surface area contributed by atoms with Gasteiger partial charge < -0.3 is 21.3 Å². The Kier molecular flexibility index (Phi) is 14.4. The largest absolute Gasteiger partial charge is 0.396 e. The zero-order valence-corrected chi connectivity index (χ0v) is 11.7. The summed E-state index contributed by atoms with van der Waals surface area (Å²) in [5, 5.41) is 20.0. The number of rotatable bonds is 9. The monoisotopic (exact) mass is 268 g/mol. The van der Waals surface area contributed by atoms with Gasteiger partial charge >= 0.3 is 0 Å². The van der Waals surface area contributed by atoms with E-state index in [9.17, 15) is 0 Å². The van der Waals surface area contributed by atoms with Gasteiger partial charge in [0.15, 0.2) is 0 Å². The molecule has 0 fully saturated rings. The van der Waals surface area contributed by atoms with Crippen LogP contribution in [-0.4, -0.2) is 36.5 Å². The molecule has 0 aliphatic rings. The normalized spacial score (nSPS) is 9.84. The maximum atomic E-state index is 8.55. The van der Waals surface area contributed by atoms with Gasteiger partial charge in [-0.2, -0.15) is 0 Å². The lowest BCUT2D eigenvalue weighted by Gasteiger charge is -2.03. The van der Waals surface area contributed by atoms with Gasteiger partial charge in [-0.3, -0.25) is 0 Å². The zero-order valence-electron chi connectivity index (χ0n) is 11.7. The van der Waals surface area contributed by atoms with Crippen LogP contribution in [0.1, 0.15) is 31.2 Å². The average molecular weight is 268 g/mol. The molecule has 0 bridgehead atoms. The first-order valence-corrected chi connectivity index (χ1v) is 7.01. The van der Waals surface area contributed by atoms with Gasteiger partial charge in [0.2, 0.25) is 0 Å². The van der Waals surface area contributed by atoms with Crippen LogP contribution in [0, 0.1) is 0 Å². The highest BCUT2D eigenvalue weighted by Gasteiger charge is 1.90. The molecule has 0 aliphatic heterocycles. The van der Waals surface area contributed by atoms with E-state index >= 15 is 0 Å². The second-order valence-electron chi connectivity index (χ2n) is 4.31. The van der Waals surface area contributed by atoms with E-state index in [0.717, 1.165) is 38.8 Å². The SMILES string of the molecule is NCCCCO.OCCCCNCc1ccccc1. The maximum Gasteiger partial charge on any atom is 0.0431 e. The second kappa shape index (κ2) is 15.1. The molecule has 0 saturated carbocycles. The van der Waals surface area contributed by atoms with Crippen LogP contribution in [0.4, 0.5) is 0 Å². The topological polar surface area (TPSA) is 78.5 Å². The highest BCUT2D eigenvalue weighted by Crippen LogP contribution is 1.97. The molecule has 0 unspecified atom stereocenters. The van der Waals surface area contributed by atoms with Crippen molar-refractivity contribution in [3.8, 4) is 0 Å². The van der Waals surface area contributed by atoms with Crippen LogP contribution in [0.15, 0.2) is 30.3 Å². The minimum Gasteiger partial charge on any atom is -0.396 e. The molecular formula is C15H28N2O2. The van der Waals surface area contributed by atoms with Crippen LogP contribution < -0.4 is 11.1 Å². The van der Waals surface area contributed by atoms with Crippen LogP contribution in [0.5, 0.6) is 0 Å². The highest BCUT2D eigenvalue weighted by molar-refractivity contribution is 5.14. The third-order valence-electron chi connectivity index (χ3n) is 2.55. The lowest BCUT2D eigenvalue weighted by molar-refractivity contribution is 0.283. The molecule has 0 heterocycles. The van der Waals surface area contributed by atoms with Crippen LogP contribution in [0.2, 0.25) is 0 Å². The molecule has 0 spiro atoms. The summed E-state index contributed by atoms with van der Waals surface area (Å²) in [6.45, 7) is 3.17. The molecule has 0 aromatic heterocycles. The molecule has 0 saturated heterocycles. The number of aliphatic hydroxyl groups excluding tert-OH is 2. The predicted octanol–water partition coefficient (Wildman–Crippen LogP) is 1.27. The molecule has 0 atom stereocenters. The summed E-state index contributed by atoms with van der Waals surface area (Å²) in [4.78, 5) is 0. The van der Waals surface area contributed by atoms with E-state index in [0.29, 0.717) is 13.2 Å². The molecule has 4 nitrogen and oxygen atoms in total. The third kappa shape index (κ3) is 13.3. The fourth-order valence-electron chi connectivity index (χ4n) is 1.45. The summed E-state index contributed by atoms with van der Waals surface area (Å²) in [5.41, 5.74) is 6.42. The van der Waals surface area contributed by atoms with E-state index in [1.165, 1.54) is 5.56 Å². The quantitative estimate of drug-likeness (QED) is 0.509. The number of unbranched alkanes of at least 4 members (excludes halogenated alkanes) is 2. The van der Waals surface area contributed by atoms with Crippen LogP contribution in [-0.2, 0) is 6.54 Å². The molecule has 0 aliphatic carbocycles. The standard InChI is InChI=1S/C11H17NO.C4H11NO/c13-9-5-4-8-12-10-11-6-2-1-3-7-11;5-3-1-2-4-6/h1-3,6-7,12-13H,4-5,8-10H2;6H,1-5H2. The molecule has 1 aromatic rings. The first-order valence-electron chi connectivity index (χ1n) is 7.01. The van der Waals surface area contributed by atoms with Crippen molar-refractivity contribution in [2.45, 2.75) is 32.2 Å². The maximum absolute atomic E-state index is 8.55. The van der Waals surface area contributed by atoms with E-state index in [2.05, 4.69) is 17.4 Å². The van der Waals surface area contributed by atoms with Gasteiger partial charge in [-0.1, -0.05) is 30.3 Å². The van der Waals surface area contributed by atoms with Gasteiger partial charge in [-0.05, 0) is 44.3 Å². The van der Waals surface area contributed by atoms with E-state index in [4.69, 9.17) is 15.9 Å². The van der Waals surface area contributed by atoms with Gasteiger partial charge in [0.1, 0.15) is 0 Å². The van der Waals surface area contributed by atoms with Crippen LogP contribution in [0.25, 0.3) is 0 Å². The fraction of sp³-hybridized carbons (Fsp3) is 0.600. The smallest absolute Gasteiger partial charge is 0.0431 e. The van der Waals surface area contributed by atoms with E-state index < -0.39 is 0 Å². The van der Waals surface area contributed by atoms with Crippen molar-refractivity contribution in [2.24, 2.45) is 5.73 Å². The molecule has 0 amide bonds. The Morgan fingerprint density at radius 3 is 2.05 bits per heavy atom. The zero-order chi connectivity index (χ0) is 14.2. The number of hydrogen-bond donors (Lipinski definition) is 4. The van der Waals surface area contributed by atoms with Crippen molar-refractivity contribution in [2.75, 3.05) is 26.3 Å². The fourth-order valence-corrected chi connectivity index (χ4v) is 1.45. The number of nitrogens with two attached hydrogens (primary N) is 1. The van der Waals surface area contributed by atoms with Crippen molar-refractivity contribution < 1.29 is 10.2 Å². The van der Waals surface area contributed by atoms with Crippen molar-refractivity contribution >= 4 is 0 Å². The third-order valence-corrected chi connectivity index (χ3v) is 2.55. The van der Waals surface area contributed by atoms with Crippen molar-refractivity contribution in [1.82, 2.24) is 5.32 Å². The van der Waals surface area contributed by atoms with E-state index in [1.807, 2.05) is 18.2 Å². The van der Waals surface area contributed by atoms with Crippen LogP contribution in [0.3, 0.4) is 0 Å². The number of benzene rings is 1. The van der Waals surface area contributed by atoms with Gasteiger partial charge in [-0.15, -0.1) is 0 Å². The summed E-state index contributed by atoms with van der Waals surface area (Å²) in [6.07, 6.45) is 3.72. The average Bonchev–Trinajstić information content (AvgIpc) is 2.47. The Balaban J connectivity index is 0.000000459. The Bertz CT molecular complexity index is 264. The Morgan fingerprint density at radius 2 is 1.53 bits per heavy atom. The highest BCUT2D eigenvalue weighted by atomic mass is 16.3. The first-order chi connectivity index (χ1) is 9.35. The summed E-state index contributed by atoms with van der Waals surface area (Å²) in [5.74, 6) is 0. The number of hydrogen-bond acceptors (Lipinski definition) is 4. The lowest BCUT2D eigenvalue weighted by Crippen LogP contribution is -2.14. The summed E-state index contributed by atoms with van der Waals surface area (Å²) >= 11 is 0. The molecule has 4 heteroatoms. The molecule has 5 N–H and O–H groups in total. The van der Waals surface area contributed by atoms with Gasteiger partial charge in [0.25, 0.3) is 0 Å². The molecule has 1 rings (SSSR count). The predicted molar refractivity (Wildman–Crippen MR) is 79.8 cm³/mol. The van der Waals surface area contributed by atoms with Gasteiger partial charge in [0.05, 0.1) is 0 Å². The minimum absolute atomic E-state index is 0.275. The van der Waals surface area contributed by atoms with E-state index in [-0.39, 0.29) is 6.61 Å². The van der Waals surface area contributed by atoms with Crippen molar-refractivity contribution in [1.29, 1.82) is 0 Å². The number of nitrogens with one attached hydrogen (secondary N) is 1. The first kappa shape index (κ1) is 18.1. The Labute approximate surface area is 116 Å². The van der Waals surface area contributed by atoms with Gasteiger partial charge in [0, 0.05) is 19.8 Å². The summed E-state index contributed by atoms with van der Waals surface area (Å²) < 4.78 is 0. The second-order valence-corrected chi connectivity index (χ2v) is 4.31. The van der Waals surface area contributed by atoms with Gasteiger partial charge in [-0.25, -0.2) is 0 Å². The molecule has 0 radical (unpaired) electrons. The molecule has 1 aromatic carbocycles. The summed E-state index contributed by atoms with van der Waals surface area (Å²) in [7, 11) is 0. The molecule has 19 heavy (non-hydrogen) atoms. The number of aliphatic hydroxyl groups is 2. The minimum atomic E-state index is 0.275. The van der Waals surface area contributed by atoms with Crippen molar-refractivity contribution in [3.05, 3.63) is 35.9 Å². The van der Waals surface area contributed by atoms with Crippen molar-refractivity contribution in [3.63, 3.8) is 0 Å². The lowest BCUT2D eigenvalue weighted by atomic mass is 10.2. The Morgan fingerprint density at radius 1 is 0.895 bits per heavy atom. The Hall–Kier alpha value is -0.940. The van der Waals surface area contributed by atoms with E-state index in [1.54, 1.807) is 0 Å².